The van der Waals surface area contributed by atoms with E-state index in [9.17, 15) is 4.39 Å². The number of ether oxygens (including phenoxy) is 1. The van der Waals surface area contributed by atoms with Crippen LogP contribution in [-0.2, 0) is 20.1 Å². The van der Waals surface area contributed by atoms with Gasteiger partial charge in [-0.2, -0.15) is 5.10 Å². The number of nitrogens with zero attached hydrogens (tertiary/aromatic N) is 4. The number of aliphatic imine (C=N–C) groups is 1. The molecule has 0 aliphatic heterocycles. The molecule has 0 radical (unpaired) electrons. The molecule has 24 heavy (non-hydrogen) atoms. The Kier molecular flexibility index (Phi) is 8.44. The molecule has 0 amide bonds. The van der Waals surface area contributed by atoms with Gasteiger partial charge in [0.2, 0.25) is 0 Å². The highest BCUT2D eigenvalue weighted by Gasteiger charge is 2.06. The molecule has 1 heterocycles. The first-order chi connectivity index (χ1) is 11.1. The van der Waals surface area contributed by atoms with E-state index in [4.69, 9.17) is 4.74 Å². The van der Waals surface area contributed by atoms with Crippen molar-refractivity contribution in [2.75, 3.05) is 13.7 Å². The minimum atomic E-state index is -0.367. The normalized spacial score (nSPS) is 10.9. The highest BCUT2D eigenvalue weighted by Crippen LogP contribution is 2.18. The van der Waals surface area contributed by atoms with Crippen molar-refractivity contribution in [2.24, 2.45) is 12.0 Å². The van der Waals surface area contributed by atoms with E-state index in [0.29, 0.717) is 25.7 Å². The topological polar surface area (TPSA) is 76.4 Å². The van der Waals surface area contributed by atoms with Gasteiger partial charge in [-0.25, -0.2) is 9.37 Å². The highest BCUT2D eigenvalue weighted by atomic mass is 127. The van der Waals surface area contributed by atoms with Crippen LogP contribution in [0.15, 0.2) is 29.5 Å². The second kappa shape index (κ2) is 10.1. The molecule has 132 valence electrons. The minimum Gasteiger partial charge on any atom is -0.491 e. The van der Waals surface area contributed by atoms with Gasteiger partial charge in [0.1, 0.15) is 12.2 Å². The number of hydrogen-bond acceptors (Lipinski definition) is 4. The number of halogens is 2. The number of nitrogens with one attached hydrogen (secondary N) is 2. The van der Waals surface area contributed by atoms with Crippen molar-refractivity contribution in [3.8, 4) is 5.75 Å². The van der Waals surface area contributed by atoms with E-state index in [1.54, 1.807) is 17.8 Å². The summed E-state index contributed by atoms with van der Waals surface area (Å²) >= 11 is 0. The van der Waals surface area contributed by atoms with Crippen molar-refractivity contribution in [2.45, 2.75) is 20.0 Å². The maximum atomic E-state index is 13.8. The predicted octanol–water partition coefficient (Wildman–Crippen LogP) is 1.84. The third-order valence-electron chi connectivity index (χ3n) is 3.20. The van der Waals surface area contributed by atoms with Crippen molar-refractivity contribution in [1.82, 2.24) is 25.4 Å². The fourth-order valence-corrected chi connectivity index (χ4v) is 1.98. The van der Waals surface area contributed by atoms with Crippen LogP contribution < -0.4 is 15.4 Å². The Hall–Kier alpha value is -1.91. The monoisotopic (exact) mass is 448 g/mol. The Bertz CT molecular complexity index is 676. The molecule has 0 saturated carbocycles. The van der Waals surface area contributed by atoms with Gasteiger partial charge in [0.25, 0.3) is 0 Å². The van der Waals surface area contributed by atoms with Gasteiger partial charge in [-0.05, 0) is 24.6 Å². The quantitative estimate of drug-likeness (QED) is 0.401. The molecule has 7 nitrogen and oxygen atoms in total. The van der Waals surface area contributed by atoms with Crippen LogP contribution in [0.25, 0.3) is 0 Å². The van der Waals surface area contributed by atoms with Crippen molar-refractivity contribution < 1.29 is 9.13 Å². The Balaban J connectivity index is 0.00000288. The molecular formula is C15H22FIN6O. The molecular weight excluding hydrogens is 426 g/mol. The Morgan fingerprint density at radius 3 is 2.67 bits per heavy atom. The van der Waals surface area contributed by atoms with Gasteiger partial charge in [-0.15, -0.1) is 24.0 Å². The van der Waals surface area contributed by atoms with Gasteiger partial charge in [0.05, 0.1) is 13.2 Å². The molecule has 0 aliphatic carbocycles. The minimum absolute atomic E-state index is 0. The maximum absolute atomic E-state index is 13.8. The van der Waals surface area contributed by atoms with E-state index < -0.39 is 0 Å². The smallest absolute Gasteiger partial charge is 0.191 e. The lowest BCUT2D eigenvalue weighted by atomic mass is 10.2. The largest absolute Gasteiger partial charge is 0.491 e. The van der Waals surface area contributed by atoms with Gasteiger partial charge >= 0.3 is 0 Å². The second-order valence-electron chi connectivity index (χ2n) is 4.78. The Morgan fingerprint density at radius 2 is 2.08 bits per heavy atom. The number of aryl methyl sites for hydroxylation is 1. The van der Waals surface area contributed by atoms with E-state index in [1.165, 1.54) is 12.4 Å². The lowest BCUT2D eigenvalue weighted by Gasteiger charge is -2.12. The van der Waals surface area contributed by atoms with Crippen molar-refractivity contribution in [3.05, 3.63) is 41.7 Å². The van der Waals surface area contributed by atoms with E-state index in [2.05, 4.69) is 25.7 Å². The van der Waals surface area contributed by atoms with Crippen molar-refractivity contribution >= 4 is 29.9 Å². The third-order valence-corrected chi connectivity index (χ3v) is 3.20. The van der Waals surface area contributed by atoms with Gasteiger partial charge in [0.15, 0.2) is 17.5 Å². The standard InChI is InChI=1S/C15H21FN6O.HI/c1-4-23-13-6-5-11(7-12(13)16)8-18-15(17-2)19-9-14-20-10-21-22(14)3;/h5-7,10H,4,8-9H2,1-3H3,(H2,17,18,19);1H. The molecule has 0 fully saturated rings. The van der Waals surface area contributed by atoms with Crippen molar-refractivity contribution in [1.29, 1.82) is 0 Å². The summed E-state index contributed by atoms with van der Waals surface area (Å²) in [4.78, 5) is 8.24. The lowest BCUT2D eigenvalue weighted by Crippen LogP contribution is -2.36. The molecule has 0 unspecified atom stereocenters. The molecule has 0 saturated heterocycles. The number of hydrogen-bond donors (Lipinski definition) is 2. The van der Waals surface area contributed by atoms with E-state index >= 15 is 0 Å². The SMILES string of the molecule is CCOc1ccc(CNC(=NC)NCc2ncnn2C)cc1F.I. The first-order valence-electron chi connectivity index (χ1n) is 7.32. The van der Waals surface area contributed by atoms with Gasteiger partial charge < -0.3 is 15.4 Å². The van der Waals surface area contributed by atoms with Gasteiger partial charge in [-0.3, -0.25) is 9.67 Å². The fraction of sp³-hybridized carbons (Fsp3) is 0.400. The number of guanidine groups is 1. The average molecular weight is 448 g/mol. The van der Waals surface area contributed by atoms with Crippen LogP contribution >= 0.6 is 24.0 Å². The number of rotatable bonds is 6. The Labute approximate surface area is 157 Å². The molecule has 2 aromatic rings. The van der Waals surface area contributed by atoms with Crippen LogP contribution in [0.1, 0.15) is 18.3 Å². The summed E-state index contributed by atoms with van der Waals surface area (Å²) in [6.07, 6.45) is 1.50. The third kappa shape index (κ3) is 5.62. The summed E-state index contributed by atoms with van der Waals surface area (Å²) in [5.74, 6) is 1.29. The average Bonchev–Trinajstić information content (AvgIpc) is 2.95. The summed E-state index contributed by atoms with van der Waals surface area (Å²) in [5.41, 5.74) is 0.799. The molecule has 0 atom stereocenters. The molecule has 1 aromatic heterocycles. The summed E-state index contributed by atoms with van der Waals surface area (Å²) in [7, 11) is 3.49. The first kappa shape index (κ1) is 20.1. The second-order valence-corrected chi connectivity index (χ2v) is 4.78. The van der Waals surface area contributed by atoms with Crippen molar-refractivity contribution in [3.63, 3.8) is 0 Å². The predicted molar refractivity (Wildman–Crippen MR) is 101 cm³/mol. The fourth-order valence-electron chi connectivity index (χ4n) is 1.98. The highest BCUT2D eigenvalue weighted by molar-refractivity contribution is 14.0. The summed E-state index contributed by atoms with van der Waals surface area (Å²) in [5, 5.41) is 10.2. The van der Waals surface area contributed by atoms with Gasteiger partial charge in [-0.1, -0.05) is 6.07 Å². The molecule has 2 rings (SSSR count). The molecule has 0 bridgehead atoms. The van der Waals surface area contributed by atoms with Gasteiger partial charge in [0, 0.05) is 20.6 Å². The van der Waals surface area contributed by atoms with E-state index in [1.807, 2.05) is 20.0 Å². The molecule has 0 aliphatic rings. The Morgan fingerprint density at radius 1 is 1.33 bits per heavy atom. The zero-order valence-corrected chi connectivity index (χ0v) is 16.2. The number of benzene rings is 1. The van der Waals surface area contributed by atoms with E-state index in [-0.39, 0.29) is 35.5 Å². The molecule has 0 spiro atoms. The first-order valence-corrected chi connectivity index (χ1v) is 7.32. The lowest BCUT2D eigenvalue weighted by molar-refractivity contribution is 0.321. The molecule has 2 N–H and O–H groups in total. The van der Waals surface area contributed by atoms with Crippen LogP contribution in [0, 0.1) is 5.82 Å². The van der Waals surface area contributed by atoms with Crippen LogP contribution in [0.3, 0.4) is 0 Å². The summed E-state index contributed by atoms with van der Waals surface area (Å²) in [6, 6.07) is 4.90. The summed E-state index contributed by atoms with van der Waals surface area (Å²) in [6.45, 7) is 3.20. The number of aromatic nitrogens is 3. The van der Waals surface area contributed by atoms with Crippen LogP contribution in [0.2, 0.25) is 0 Å². The van der Waals surface area contributed by atoms with Crippen LogP contribution in [0.4, 0.5) is 4.39 Å². The van der Waals surface area contributed by atoms with E-state index in [0.717, 1.165) is 11.4 Å². The zero-order valence-electron chi connectivity index (χ0n) is 13.9. The molecule has 9 heteroatoms. The zero-order chi connectivity index (χ0) is 16.7. The van der Waals surface area contributed by atoms with Crippen LogP contribution in [0.5, 0.6) is 5.75 Å². The maximum Gasteiger partial charge on any atom is 0.191 e. The summed E-state index contributed by atoms with van der Waals surface area (Å²) < 4.78 is 20.7. The van der Waals surface area contributed by atoms with Crippen LogP contribution in [-0.4, -0.2) is 34.4 Å². The molecule has 1 aromatic carbocycles.